The Morgan fingerprint density at radius 1 is 0.909 bits per heavy atom. The molecule has 4 atom stereocenters. The van der Waals surface area contributed by atoms with Crippen LogP contribution in [0.5, 0.6) is 5.75 Å². The van der Waals surface area contributed by atoms with Crippen molar-refractivity contribution in [1.29, 1.82) is 0 Å². The second-order valence-electron chi connectivity index (χ2n) is 10.8. The monoisotopic (exact) mass is 435 g/mol. The van der Waals surface area contributed by atoms with Gasteiger partial charge in [-0.3, -0.25) is 0 Å². The van der Waals surface area contributed by atoms with Gasteiger partial charge in [-0.1, -0.05) is 92.8 Å². The van der Waals surface area contributed by atoms with Gasteiger partial charge in [0.15, 0.2) is 0 Å². The van der Waals surface area contributed by atoms with Gasteiger partial charge in [0.2, 0.25) is 0 Å². The van der Waals surface area contributed by atoms with E-state index in [4.69, 9.17) is 4.74 Å². The normalized spacial score (nSPS) is 30.0. The highest BCUT2D eigenvalue weighted by molar-refractivity contribution is 5.68. The topological polar surface area (TPSA) is 12.5 Å². The molecule has 2 aliphatic carbocycles. The summed E-state index contributed by atoms with van der Waals surface area (Å²) in [6, 6.07) is 18.0. The predicted octanol–water partition coefficient (Wildman–Crippen LogP) is 7.25. The van der Waals surface area contributed by atoms with Crippen LogP contribution in [0.2, 0.25) is 0 Å². The average Bonchev–Trinajstić information content (AvgIpc) is 3.42. The maximum Gasteiger partial charge on any atom is 0.133 e. The highest BCUT2D eigenvalue weighted by Crippen LogP contribution is 2.50. The van der Waals surface area contributed by atoms with Crippen molar-refractivity contribution in [2.24, 2.45) is 11.8 Å². The zero-order chi connectivity index (χ0) is 21.8. The van der Waals surface area contributed by atoms with Gasteiger partial charge in [0.1, 0.15) is 11.9 Å². The fourth-order valence-corrected chi connectivity index (χ4v) is 7.13. The molecule has 0 radical (unpaired) electrons. The number of ether oxygens (including phenoxy) is 1. The lowest BCUT2D eigenvalue weighted by atomic mass is 9.77. The van der Waals surface area contributed by atoms with Crippen LogP contribution in [-0.2, 0) is 0 Å². The Balaban J connectivity index is 1.14. The Bertz CT molecular complexity index is 1140. The minimum Gasteiger partial charge on any atom is -0.485 e. The van der Waals surface area contributed by atoms with Gasteiger partial charge in [-0.25, -0.2) is 0 Å². The molecule has 2 nitrogen and oxygen atoms in total. The van der Waals surface area contributed by atoms with E-state index in [-0.39, 0.29) is 6.10 Å². The van der Waals surface area contributed by atoms with E-state index in [1.54, 1.807) is 5.57 Å². The number of rotatable bonds is 3. The van der Waals surface area contributed by atoms with E-state index in [9.17, 15) is 0 Å². The first-order valence-corrected chi connectivity index (χ1v) is 13.0. The Hall–Kier alpha value is -2.74. The van der Waals surface area contributed by atoms with Crippen LogP contribution < -0.4 is 4.74 Å². The summed E-state index contributed by atoms with van der Waals surface area (Å²) in [5, 5.41) is 0. The molecule has 4 unspecified atom stereocenters. The minimum absolute atomic E-state index is 0.169. The molecule has 5 aliphatic rings. The fraction of sp³-hybridized carbons (Fsp3) is 0.419. The summed E-state index contributed by atoms with van der Waals surface area (Å²) in [5.41, 5.74) is 6.92. The molecule has 0 N–H and O–H groups in total. The summed E-state index contributed by atoms with van der Waals surface area (Å²) in [7, 11) is 0. The maximum absolute atomic E-state index is 6.76. The van der Waals surface area contributed by atoms with E-state index in [1.165, 1.54) is 67.2 Å². The van der Waals surface area contributed by atoms with Gasteiger partial charge in [-0.05, 0) is 59.2 Å². The molecule has 2 heteroatoms. The number of benzene rings is 2. The zero-order valence-corrected chi connectivity index (χ0v) is 19.3. The molecule has 2 aromatic carbocycles. The van der Waals surface area contributed by atoms with Crippen molar-refractivity contribution in [2.45, 2.75) is 63.0 Å². The lowest BCUT2D eigenvalue weighted by Gasteiger charge is -2.36. The van der Waals surface area contributed by atoms with E-state index in [0.717, 1.165) is 24.1 Å². The van der Waals surface area contributed by atoms with Crippen LogP contribution in [0, 0.1) is 11.8 Å². The quantitative estimate of drug-likeness (QED) is 0.503. The Kier molecular flexibility index (Phi) is 4.74. The molecule has 0 amide bonds. The molecule has 0 bridgehead atoms. The second-order valence-corrected chi connectivity index (χ2v) is 10.8. The fourth-order valence-electron chi connectivity index (χ4n) is 7.13. The van der Waals surface area contributed by atoms with Crippen LogP contribution in [0.25, 0.3) is 11.1 Å². The molecule has 1 fully saturated rings. The molecule has 3 aliphatic heterocycles. The average molecular weight is 436 g/mol. The van der Waals surface area contributed by atoms with Crippen molar-refractivity contribution in [3.05, 3.63) is 89.7 Å². The Morgan fingerprint density at radius 2 is 1.79 bits per heavy atom. The molecular weight excluding hydrogens is 402 g/mol. The molecule has 3 heterocycles. The van der Waals surface area contributed by atoms with Gasteiger partial charge in [-0.15, -0.1) is 0 Å². The number of fused-ring (bicyclic) bond motifs is 6. The van der Waals surface area contributed by atoms with Gasteiger partial charge in [-0.2, -0.15) is 0 Å². The predicted molar refractivity (Wildman–Crippen MR) is 134 cm³/mol. The third-order valence-corrected chi connectivity index (χ3v) is 8.79. The smallest absolute Gasteiger partial charge is 0.133 e. The first-order valence-electron chi connectivity index (χ1n) is 13.0. The number of hydrogen-bond donors (Lipinski definition) is 0. The highest BCUT2D eigenvalue weighted by atomic mass is 16.5. The van der Waals surface area contributed by atoms with Crippen molar-refractivity contribution >= 4 is 0 Å². The number of nitrogens with zero attached hydrogens (tertiary/aromatic N) is 1. The van der Waals surface area contributed by atoms with Gasteiger partial charge < -0.3 is 9.64 Å². The van der Waals surface area contributed by atoms with Crippen molar-refractivity contribution in [3.63, 3.8) is 0 Å². The first-order chi connectivity index (χ1) is 16.3. The molecule has 0 spiro atoms. The Morgan fingerprint density at radius 3 is 2.67 bits per heavy atom. The molecule has 7 rings (SSSR count). The largest absolute Gasteiger partial charge is 0.485 e. The summed E-state index contributed by atoms with van der Waals surface area (Å²) < 4.78 is 6.76. The van der Waals surface area contributed by atoms with Crippen LogP contribution in [0.15, 0.2) is 84.1 Å². The second kappa shape index (κ2) is 7.94. The number of allylic oxidation sites excluding steroid dienone is 1. The van der Waals surface area contributed by atoms with Gasteiger partial charge in [0.25, 0.3) is 0 Å². The van der Waals surface area contributed by atoms with E-state index in [2.05, 4.69) is 77.9 Å². The van der Waals surface area contributed by atoms with Crippen LogP contribution in [-0.4, -0.2) is 23.6 Å². The van der Waals surface area contributed by atoms with Gasteiger partial charge in [0, 0.05) is 18.0 Å². The lowest BCUT2D eigenvalue weighted by molar-refractivity contribution is 0.205. The third-order valence-electron chi connectivity index (χ3n) is 8.79. The van der Waals surface area contributed by atoms with Gasteiger partial charge in [0.05, 0.1) is 6.04 Å². The van der Waals surface area contributed by atoms with Gasteiger partial charge >= 0.3 is 0 Å². The lowest BCUT2D eigenvalue weighted by Crippen LogP contribution is -2.37. The molecule has 2 aromatic rings. The SMILES string of the molecule is C1=CC2c3ccc(-c4ccccc4)cc3OC2C2=C1CN1C=CC(CC3CCCCC3)CC21. The third kappa shape index (κ3) is 3.38. The van der Waals surface area contributed by atoms with E-state index < -0.39 is 0 Å². The molecule has 33 heavy (non-hydrogen) atoms. The van der Waals surface area contributed by atoms with Crippen LogP contribution >= 0.6 is 0 Å². The van der Waals surface area contributed by atoms with E-state index in [1.807, 2.05) is 0 Å². The molecule has 1 saturated carbocycles. The summed E-state index contributed by atoms with van der Waals surface area (Å²) in [5.74, 6) is 3.09. The summed E-state index contributed by atoms with van der Waals surface area (Å²) in [4.78, 5) is 2.58. The maximum atomic E-state index is 6.76. The standard InChI is InChI=1S/C31H33NO/c1-3-7-21(8-4-1)17-22-15-16-32-20-25-12-14-27-26-13-11-24(23-9-5-2-6-10-23)19-29(26)33-31(27)30(25)28(32)18-22/h2,5-6,9-16,19,21-22,27-28,31H,1,3-4,7-8,17-18,20H2. The zero-order valence-electron chi connectivity index (χ0n) is 19.3. The molecular formula is C31H33NO. The van der Waals surface area contributed by atoms with E-state index in [0.29, 0.717) is 12.0 Å². The van der Waals surface area contributed by atoms with Crippen LogP contribution in [0.1, 0.15) is 56.4 Å². The van der Waals surface area contributed by atoms with Crippen molar-refractivity contribution in [3.8, 4) is 16.9 Å². The molecule has 168 valence electrons. The van der Waals surface area contributed by atoms with Crippen molar-refractivity contribution < 1.29 is 4.74 Å². The Labute approximate surface area is 197 Å². The van der Waals surface area contributed by atoms with Crippen molar-refractivity contribution in [1.82, 2.24) is 4.90 Å². The molecule has 0 aromatic heterocycles. The number of hydrogen-bond acceptors (Lipinski definition) is 2. The summed E-state index contributed by atoms with van der Waals surface area (Å²) in [6.45, 7) is 1.04. The van der Waals surface area contributed by atoms with Crippen LogP contribution in [0.3, 0.4) is 0 Å². The summed E-state index contributed by atoms with van der Waals surface area (Å²) in [6.07, 6.45) is 19.8. The van der Waals surface area contributed by atoms with Crippen LogP contribution in [0.4, 0.5) is 0 Å². The molecule has 0 saturated heterocycles. The first kappa shape index (κ1) is 19.7. The minimum atomic E-state index is 0.169. The highest BCUT2D eigenvalue weighted by Gasteiger charge is 2.46. The van der Waals surface area contributed by atoms with Crippen molar-refractivity contribution in [2.75, 3.05) is 6.54 Å². The summed E-state index contributed by atoms with van der Waals surface area (Å²) >= 11 is 0. The van der Waals surface area contributed by atoms with E-state index >= 15 is 0 Å².